The fourth-order valence-corrected chi connectivity index (χ4v) is 2.47. The molecule has 0 bridgehead atoms. The SMILES string of the molecule is CNC1CCN(C(=O)c2cnn(C)c2)CC1C. The van der Waals surface area contributed by atoms with Crippen molar-refractivity contribution in [1.82, 2.24) is 20.0 Å². The zero-order valence-electron chi connectivity index (χ0n) is 10.7. The highest BCUT2D eigenvalue weighted by atomic mass is 16.2. The number of aryl methyl sites for hydroxylation is 1. The van der Waals surface area contributed by atoms with E-state index in [2.05, 4.69) is 17.3 Å². The van der Waals surface area contributed by atoms with Crippen LogP contribution in [0.4, 0.5) is 0 Å². The van der Waals surface area contributed by atoms with Crippen molar-refractivity contribution in [3.05, 3.63) is 18.0 Å². The number of amides is 1. The minimum absolute atomic E-state index is 0.0968. The third-order valence-corrected chi connectivity index (χ3v) is 3.52. The van der Waals surface area contributed by atoms with Crippen LogP contribution in [0.25, 0.3) is 0 Å². The Kier molecular flexibility index (Phi) is 3.47. The van der Waals surface area contributed by atoms with Gasteiger partial charge in [0.05, 0.1) is 11.8 Å². The number of nitrogens with one attached hydrogen (secondary N) is 1. The highest BCUT2D eigenvalue weighted by molar-refractivity contribution is 5.93. The molecular weight excluding hydrogens is 216 g/mol. The molecule has 1 aliphatic heterocycles. The maximum absolute atomic E-state index is 12.2. The average Bonchev–Trinajstić information content (AvgIpc) is 2.75. The van der Waals surface area contributed by atoms with E-state index < -0.39 is 0 Å². The highest BCUT2D eigenvalue weighted by Gasteiger charge is 2.28. The van der Waals surface area contributed by atoms with Crippen LogP contribution in [0.15, 0.2) is 12.4 Å². The number of likely N-dealkylation sites (tertiary alicyclic amines) is 1. The van der Waals surface area contributed by atoms with Gasteiger partial charge in [-0.2, -0.15) is 5.10 Å². The molecule has 0 aromatic carbocycles. The van der Waals surface area contributed by atoms with Crippen molar-refractivity contribution < 1.29 is 4.79 Å². The van der Waals surface area contributed by atoms with Crippen LogP contribution in [0.3, 0.4) is 0 Å². The van der Waals surface area contributed by atoms with Gasteiger partial charge >= 0.3 is 0 Å². The van der Waals surface area contributed by atoms with Gasteiger partial charge in [-0.15, -0.1) is 0 Å². The first kappa shape index (κ1) is 12.1. The van der Waals surface area contributed by atoms with Gasteiger partial charge in [-0.25, -0.2) is 0 Å². The molecular formula is C12H20N4O. The molecule has 2 rings (SSSR count). The summed E-state index contributed by atoms with van der Waals surface area (Å²) in [6, 6.07) is 0.521. The van der Waals surface area contributed by atoms with Crippen molar-refractivity contribution in [1.29, 1.82) is 0 Å². The molecule has 1 fully saturated rings. The minimum Gasteiger partial charge on any atom is -0.338 e. The molecule has 1 amide bonds. The maximum atomic E-state index is 12.2. The van der Waals surface area contributed by atoms with E-state index in [-0.39, 0.29) is 5.91 Å². The second-order valence-corrected chi connectivity index (χ2v) is 4.81. The molecule has 1 aliphatic rings. The number of piperidine rings is 1. The molecule has 1 aromatic heterocycles. The van der Waals surface area contributed by atoms with E-state index in [1.807, 2.05) is 19.0 Å². The van der Waals surface area contributed by atoms with Crippen molar-refractivity contribution in [2.24, 2.45) is 13.0 Å². The Morgan fingerprint density at radius 3 is 2.88 bits per heavy atom. The molecule has 2 atom stereocenters. The van der Waals surface area contributed by atoms with Gasteiger partial charge < -0.3 is 10.2 Å². The van der Waals surface area contributed by atoms with Crippen molar-refractivity contribution in [2.45, 2.75) is 19.4 Å². The summed E-state index contributed by atoms with van der Waals surface area (Å²) in [4.78, 5) is 14.1. The largest absolute Gasteiger partial charge is 0.338 e. The van der Waals surface area contributed by atoms with E-state index in [0.717, 1.165) is 19.5 Å². The number of nitrogens with zero attached hydrogens (tertiary/aromatic N) is 3. The molecule has 5 nitrogen and oxygen atoms in total. The second kappa shape index (κ2) is 4.87. The lowest BCUT2D eigenvalue weighted by Crippen LogP contribution is -2.49. The molecule has 0 aliphatic carbocycles. The topological polar surface area (TPSA) is 50.2 Å². The Bertz CT molecular complexity index is 401. The van der Waals surface area contributed by atoms with Crippen LogP contribution in [0.1, 0.15) is 23.7 Å². The zero-order valence-corrected chi connectivity index (χ0v) is 10.7. The van der Waals surface area contributed by atoms with Gasteiger partial charge in [0, 0.05) is 32.4 Å². The number of rotatable bonds is 2. The van der Waals surface area contributed by atoms with Gasteiger partial charge in [-0.1, -0.05) is 6.92 Å². The lowest BCUT2D eigenvalue weighted by atomic mass is 9.94. The van der Waals surface area contributed by atoms with Gasteiger partial charge in [0.2, 0.25) is 0 Å². The zero-order chi connectivity index (χ0) is 12.4. The van der Waals surface area contributed by atoms with Gasteiger partial charge in [0.1, 0.15) is 0 Å². The Hall–Kier alpha value is -1.36. The molecule has 1 saturated heterocycles. The van der Waals surface area contributed by atoms with Crippen molar-refractivity contribution >= 4 is 5.91 Å². The molecule has 0 saturated carbocycles. The van der Waals surface area contributed by atoms with Crippen molar-refractivity contribution in [3.8, 4) is 0 Å². The van der Waals surface area contributed by atoms with E-state index in [9.17, 15) is 4.79 Å². The van der Waals surface area contributed by atoms with Crippen LogP contribution in [-0.2, 0) is 7.05 Å². The minimum atomic E-state index is 0.0968. The summed E-state index contributed by atoms with van der Waals surface area (Å²) in [6.07, 6.45) is 4.43. The van der Waals surface area contributed by atoms with E-state index in [4.69, 9.17) is 0 Å². The lowest BCUT2D eigenvalue weighted by Gasteiger charge is -2.36. The van der Waals surface area contributed by atoms with Crippen LogP contribution < -0.4 is 5.32 Å². The van der Waals surface area contributed by atoms with Crippen LogP contribution in [0.5, 0.6) is 0 Å². The molecule has 94 valence electrons. The monoisotopic (exact) mass is 236 g/mol. The third-order valence-electron chi connectivity index (χ3n) is 3.52. The summed E-state index contributed by atoms with van der Waals surface area (Å²) in [6.45, 7) is 3.83. The van der Waals surface area contributed by atoms with Crippen molar-refractivity contribution in [2.75, 3.05) is 20.1 Å². The van der Waals surface area contributed by atoms with Gasteiger partial charge in [0.15, 0.2) is 0 Å². The number of carbonyl (C=O) groups is 1. The highest BCUT2D eigenvalue weighted by Crippen LogP contribution is 2.18. The normalized spacial score (nSPS) is 25.0. The fourth-order valence-electron chi connectivity index (χ4n) is 2.47. The first-order valence-corrected chi connectivity index (χ1v) is 6.07. The van der Waals surface area contributed by atoms with E-state index in [1.54, 1.807) is 17.1 Å². The fraction of sp³-hybridized carbons (Fsp3) is 0.667. The summed E-state index contributed by atoms with van der Waals surface area (Å²) in [5.41, 5.74) is 0.683. The molecule has 17 heavy (non-hydrogen) atoms. The average molecular weight is 236 g/mol. The number of hydrogen-bond acceptors (Lipinski definition) is 3. The van der Waals surface area contributed by atoms with Gasteiger partial charge in [0.25, 0.3) is 5.91 Å². The van der Waals surface area contributed by atoms with Gasteiger partial charge in [-0.05, 0) is 19.4 Å². The summed E-state index contributed by atoms with van der Waals surface area (Å²) >= 11 is 0. The smallest absolute Gasteiger partial charge is 0.257 e. The van der Waals surface area contributed by atoms with Gasteiger partial charge in [-0.3, -0.25) is 9.48 Å². The van der Waals surface area contributed by atoms with E-state index in [1.165, 1.54) is 0 Å². The Balaban J connectivity index is 2.02. The molecule has 0 spiro atoms. The Morgan fingerprint density at radius 1 is 1.59 bits per heavy atom. The number of aromatic nitrogens is 2. The van der Waals surface area contributed by atoms with E-state index in [0.29, 0.717) is 17.5 Å². The Morgan fingerprint density at radius 2 is 2.35 bits per heavy atom. The quantitative estimate of drug-likeness (QED) is 0.813. The first-order valence-electron chi connectivity index (χ1n) is 6.07. The predicted molar refractivity (Wildman–Crippen MR) is 65.7 cm³/mol. The summed E-state index contributed by atoms with van der Waals surface area (Å²) < 4.78 is 1.66. The van der Waals surface area contributed by atoms with Crippen LogP contribution in [-0.4, -0.2) is 46.8 Å². The molecule has 5 heteroatoms. The van der Waals surface area contributed by atoms with Crippen LogP contribution in [0, 0.1) is 5.92 Å². The lowest BCUT2D eigenvalue weighted by molar-refractivity contribution is 0.0649. The Labute approximate surface area is 102 Å². The van der Waals surface area contributed by atoms with E-state index >= 15 is 0 Å². The first-order chi connectivity index (χ1) is 8.11. The molecule has 2 unspecified atom stereocenters. The number of carbonyl (C=O) groups excluding carboxylic acids is 1. The van der Waals surface area contributed by atoms with Crippen molar-refractivity contribution in [3.63, 3.8) is 0 Å². The second-order valence-electron chi connectivity index (χ2n) is 4.81. The molecule has 1 aromatic rings. The molecule has 0 radical (unpaired) electrons. The summed E-state index contributed by atoms with van der Waals surface area (Å²) in [5.74, 6) is 0.592. The molecule has 2 heterocycles. The third kappa shape index (κ3) is 2.49. The molecule has 1 N–H and O–H groups in total. The summed E-state index contributed by atoms with van der Waals surface area (Å²) in [7, 11) is 3.81. The standard InChI is InChI=1S/C12H20N4O/c1-9-7-16(5-4-11(9)13-2)12(17)10-6-14-15(3)8-10/h6,8-9,11,13H,4-5,7H2,1-3H3. The number of hydrogen-bond donors (Lipinski definition) is 1. The maximum Gasteiger partial charge on any atom is 0.257 e. The van der Waals surface area contributed by atoms with Crippen LogP contribution in [0.2, 0.25) is 0 Å². The summed E-state index contributed by atoms with van der Waals surface area (Å²) in [5, 5.41) is 7.34. The van der Waals surface area contributed by atoms with Crippen LogP contribution >= 0.6 is 0 Å². The predicted octanol–water partition coefficient (Wildman–Crippen LogP) is 0.490.